The van der Waals surface area contributed by atoms with Crippen molar-refractivity contribution in [3.05, 3.63) is 54.1 Å². The molecule has 3 heterocycles. The van der Waals surface area contributed by atoms with Crippen LogP contribution >= 0.6 is 11.3 Å². The Morgan fingerprint density at radius 3 is 2.77 bits per heavy atom. The zero-order valence-electron chi connectivity index (χ0n) is 19.7. The Bertz CT molecular complexity index is 1370. The van der Waals surface area contributed by atoms with Crippen molar-refractivity contribution in [2.24, 2.45) is 5.92 Å². The predicted octanol–water partition coefficient (Wildman–Crippen LogP) is 4.58. The molecule has 2 aromatic carbocycles. The van der Waals surface area contributed by atoms with E-state index in [1.807, 2.05) is 24.3 Å². The quantitative estimate of drug-likeness (QED) is 0.405. The molecular formula is C26H27FN4O3S. The molecule has 0 saturated carbocycles. The fourth-order valence-corrected chi connectivity index (χ4v) is 5.87. The molecule has 0 atom stereocenters. The van der Waals surface area contributed by atoms with Crippen LogP contribution in [0.2, 0.25) is 0 Å². The lowest BCUT2D eigenvalue weighted by Gasteiger charge is -2.32. The van der Waals surface area contributed by atoms with Gasteiger partial charge in [0.15, 0.2) is 0 Å². The van der Waals surface area contributed by atoms with Crippen LogP contribution in [-0.2, 0) is 11.2 Å². The summed E-state index contributed by atoms with van der Waals surface area (Å²) in [5, 5.41) is 3.63. The zero-order valence-corrected chi connectivity index (χ0v) is 20.5. The van der Waals surface area contributed by atoms with Gasteiger partial charge in [-0.25, -0.2) is 14.4 Å². The van der Waals surface area contributed by atoms with Crippen LogP contribution in [0.1, 0.15) is 18.4 Å². The molecule has 1 saturated heterocycles. The first kappa shape index (κ1) is 23.3. The minimum absolute atomic E-state index is 0.0457. The molecule has 1 fully saturated rings. The molecule has 0 radical (unpaired) electrons. The fourth-order valence-electron chi connectivity index (χ4n) is 4.69. The minimum atomic E-state index is -0.264. The SMILES string of the molecule is COc1ccc(OC)c(CCNC(=O)C2CCN(c3ncnc4c3sc3cccc(F)c34)CC2)c1. The van der Waals surface area contributed by atoms with E-state index in [1.165, 1.54) is 23.7 Å². The van der Waals surface area contributed by atoms with Gasteiger partial charge in [-0.3, -0.25) is 4.79 Å². The first-order valence-electron chi connectivity index (χ1n) is 11.6. The Kier molecular flexibility index (Phi) is 6.68. The van der Waals surface area contributed by atoms with E-state index in [2.05, 4.69) is 20.2 Å². The highest BCUT2D eigenvalue weighted by atomic mass is 32.1. The second-order valence-corrected chi connectivity index (χ2v) is 9.62. The molecule has 0 unspecified atom stereocenters. The maximum Gasteiger partial charge on any atom is 0.223 e. The summed E-state index contributed by atoms with van der Waals surface area (Å²) in [6.45, 7) is 1.96. The summed E-state index contributed by atoms with van der Waals surface area (Å²) in [4.78, 5) is 23.9. The van der Waals surface area contributed by atoms with Crippen molar-refractivity contribution in [3.63, 3.8) is 0 Å². The number of piperidine rings is 1. The largest absolute Gasteiger partial charge is 0.497 e. The number of carbonyl (C=O) groups is 1. The number of amides is 1. The van der Waals surface area contributed by atoms with E-state index < -0.39 is 0 Å². The molecule has 7 nitrogen and oxygen atoms in total. The van der Waals surface area contributed by atoms with E-state index in [9.17, 15) is 9.18 Å². The lowest BCUT2D eigenvalue weighted by molar-refractivity contribution is -0.125. The molecule has 9 heteroatoms. The number of ether oxygens (including phenoxy) is 2. The molecule has 2 aromatic heterocycles. The Morgan fingerprint density at radius 1 is 1.17 bits per heavy atom. The monoisotopic (exact) mass is 494 g/mol. The molecule has 1 aliphatic heterocycles. The summed E-state index contributed by atoms with van der Waals surface area (Å²) in [6, 6.07) is 10.8. The molecule has 1 aliphatic rings. The van der Waals surface area contributed by atoms with E-state index >= 15 is 0 Å². The number of nitrogens with one attached hydrogen (secondary N) is 1. The number of fused-ring (bicyclic) bond motifs is 3. The lowest BCUT2D eigenvalue weighted by Crippen LogP contribution is -2.41. The molecule has 1 N–H and O–H groups in total. The number of benzene rings is 2. The van der Waals surface area contributed by atoms with Gasteiger partial charge < -0.3 is 19.7 Å². The van der Waals surface area contributed by atoms with Gasteiger partial charge in [0.2, 0.25) is 5.91 Å². The van der Waals surface area contributed by atoms with E-state index in [0.29, 0.717) is 37.0 Å². The number of methoxy groups -OCH3 is 2. The Balaban J connectivity index is 1.21. The van der Waals surface area contributed by atoms with Crippen molar-refractivity contribution < 1.29 is 18.7 Å². The van der Waals surface area contributed by atoms with E-state index in [0.717, 1.165) is 45.1 Å². The van der Waals surface area contributed by atoms with Crippen molar-refractivity contribution in [1.29, 1.82) is 0 Å². The second kappa shape index (κ2) is 10.0. The third-order valence-electron chi connectivity index (χ3n) is 6.56. The molecule has 0 aliphatic carbocycles. The number of carbonyl (C=O) groups excluding carboxylic acids is 1. The molecule has 4 aromatic rings. The van der Waals surface area contributed by atoms with Crippen molar-refractivity contribution in [1.82, 2.24) is 15.3 Å². The van der Waals surface area contributed by atoms with Gasteiger partial charge in [-0.15, -0.1) is 11.3 Å². The zero-order chi connectivity index (χ0) is 24.4. The summed E-state index contributed by atoms with van der Waals surface area (Å²) in [7, 11) is 3.27. The summed E-state index contributed by atoms with van der Waals surface area (Å²) >= 11 is 1.51. The summed E-state index contributed by atoms with van der Waals surface area (Å²) < 4.78 is 26.9. The number of halogens is 1. The maximum atomic E-state index is 14.4. The number of hydrogen-bond acceptors (Lipinski definition) is 7. The summed E-state index contributed by atoms with van der Waals surface area (Å²) in [6.07, 6.45) is 3.63. The predicted molar refractivity (Wildman–Crippen MR) is 136 cm³/mol. The van der Waals surface area contributed by atoms with Crippen LogP contribution in [0.3, 0.4) is 0 Å². The number of thiophene rings is 1. The smallest absolute Gasteiger partial charge is 0.223 e. The van der Waals surface area contributed by atoms with Crippen molar-refractivity contribution >= 4 is 43.4 Å². The average molecular weight is 495 g/mol. The topological polar surface area (TPSA) is 76.6 Å². The minimum Gasteiger partial charge on any atom is -0.497 e. The van der Waals surface area contributed by atoms with E-state index in [4.69, 9.17) is 9.47 Å². The van der Waals surface area contributed by atoms with E-state index in [-0.39, 0.29) is 17.6 Å². The lowest BCUT2D eigenvalue weighted by atomic mass is 9.95. The standard InChI is InChI=1S/C26H27FN4O3S/c1-33-18-6-7-20(34-2)17(14-18)8-11-28-26(32)16-9-12-31(13-10-16)25-24-23(29-15-30-25)22-19(27)4-3-5-21(22)35-24/h3-7,14-16H,8-13H2,1-2H3,(H,28,32). The van der Waals surface area contributed by atoms with Gasteiger partial charge in [0.1, 0.15) is 29.5 Å². The van der Waals surface area contributed by atoms with Gasteiger partial charge in [-0.1, -0.05) is 6.07 Å². The second-order valence-electron chi connectivity index (χ2n) is 8.57. The molecule has 0 spiro atoms. The molecule has 5 rings (SSSR count). The van der Waals surface area contributed by atoms with Crippen LogP contribution < -0.4 is 19.7 Å². The molecular weight excluding hydrogens is 467 g/mol. The Hall–Kier alpha value is -3.46. The number of hydrogen-bond donors (Lipinski definition) is 1. The Morgan fingerprint density at radius 2 is 2.00 bits per heavy atom. The van der Waals surface area contributed by atoms with Crippen LogP contribution in [0.4, 0.5) is 10.2 Å². The average Bonchev–Trinajstić information content (AvgIpc) is 3.28. The van der Waals surface area contributed by atoms with Crippen LogP contribution in [-0.4, -0.2) is 49.7 Å². The van der Waals surface area contributed by atoms with Crippen LogP contribution in [0.25, 0.3) is 20.3 Å². The maximum absolute atomic E-state index is 14.4. The third-order valence-corrected chi connectivity index (χ3v) is 7.70. The third kappa shape index (κ3) is 4.60. The number of nitrogens with zero attached hydrogens (tertiary/aromatic N) is 3. The number of aromatic nitrogens is 2. The van der Waals surface area contributed by atoms with Gasteiger partial charge in [0, 0.05) is 30.3 Å². The van der Waals surface area contributed by atoms with Gasteiger partial charge in [-0.2, -0.15) is 0 Å². The van der Waals surface area contributed by atoms with Crippen LogP contribution in [0.5, 0.6) is 11.5 Å². The summed E-state index contributed by atoms with van der Waals surface area (Å²) in [5.74, 6) is 2.13. The number of anilines is 1. The highest BCUT2D eigenvalue weighted by Crippen LogP contribution is 2.39. The van der Waals surface area contributed by atoms with E-state index in [1.54, 1.807) is 20.3 Å². The normalized spacial score (nSPS) is 14.4. The molecule has 1 amide bonds. The molecule has 0 bridgehead atoms. The van der Waals surface area contributed by atoms with Gasteiger partial charge >= 0.3 is 0 Å². The van der Waals surface area contributed by atoms with Gasteiger partial charge in [-0.05, 0) is 55.2 Å². The number of rotatable bonds is 7. The molecule has 182 valence electrons. The highest BCUT2D eigenvalue weighted by molar-refractivity contribution is 7.26. The van der Waals surface area contributed by atoms with Crippen LogP contribution in [0, 0.1) is 11.7 Å². The van der Waals surface area contributed by atoms with Crippen LogP contribution in [0.15, 0.2) is 42.7 Å². The van der Waals surface area contributed by atoms with Crippen molar-refractivity contribution in [3.8, 4) is 11.5 Å². The fraction of sp³-hybridized carbons (Fsp3) is 0.346. The first-order chi connectivity index (χ1) is 17.1. The highest BCUT2D eigenvalue weighted by Gasteiger charge is 2.27. The first-order valence-corrected chi connectivity index (χ1v) is 12.5. The van der Waals surface area contributed by atoms with Crippen molar-refractivity contribution in [2.45, 2.75) is 19.3 Å². The van der Waals surface area contributed by atoms with Crippen molar-refractivity contribution in [2.75, 3.05) is 38.8 Å². The summed E-state index contributed by atoms with van der Waals surface area (Å²) in [5.41, 5.74) is 1.65. The van der Waals surface area contributed by atoms with Gasteiger partial charge in [0.25, 0.3) is 0 Å². The molecule has 35 heavy (non-hydrogen) atoms. The van der Waals surface area contributed by atoms with Gasteiger partial charge in [0.05, 0.1) is 29.8 Å². The Labute approximate surface area is 206 Å².